The Hall–Kier alpha value is -2.62. The molecule has 0 amide bonds. The molecule has 0 heterocycles. The van der Waals surface area contributed by atoms with Gasteiger partial charge in [-0.2, -0.15) is 0 Å². The van der Waals surface area contributed by atoms with Gasteiger partial charge >= 0.3 is 11.9 Å². The molecule has 0 N–H and O–H groups in total. The highest BCUT2D eigenvalue weighted by molar-refractivity contribution is 5.94. The van der Waals surface area contributed by atoms with Crippen molar-refractivity contribution < 1.29 is 19.1 Å². The van der Waals surface area contributed by atoms with Gasteiger partial charge in [0.05, 0.1) is 11.1 Å². The van der Waals surface area contributed by atoms with E-state index >= 15 is 0 Å². The summed E-state index contributed by atoms with van der Waals surface area (Å²) >= 11 is 0. The molecular formula is C30H36O4. The molecule has 3 aliphatic carbocycles. The first-order chi connectivity index (χ1) is 16.2. The average molecular weight is 461 g/mol. The number of aryl methyl sites for hydroxylation is 6. The van der Waals surface area contributed by atoms with Crippen molar-refractivity contribution >= 4 is 11.9 Å². The standard InChI is InChI=1S/C30H36O4/c1-15-10-17(3)25(18(4)11-15)29(31)33-27-23-14-24(22-9-7-8-21(22)23)28(27)34-30(32)26-19(5)12-16(2)13-20(26)6/h10-13,21-24,27-28H,7-9,14H2,1-6H3. The second-order valence-corrected chi connectivity index (χ2v) is 11.1. The molecule has 0 saturated heterocycles. The maximum absolute atomic E-state index is 13.4. The molecule has 0 aliphatic heterocycles. The van der Waals surface area contributed by atoms with Gasteiger partial charge in [0.15, 0.2) is 0 Å². The first-order valence-corrected chi connectivity index (χ1v) is 12.7. The van der Waals surface area contributed by atoms with Crippen LogP contribution in [0.2, 0.25) is 0 Å². The van der Waals surface area contributed by atoms with Crippen LogP contribution in [0, 0.1) is 65.2 Å². The molecule has 2 bridgehead atoms. The zero-order valence-electron chi connectivity index (χ0n) is 21.2. The second-order valence-electron chi connectivity index (χ2n) is 11.1. The quantitative estimate of drug-likeness (QED) is 0.499. The number of rotatable bonds is 4. The first-order valence-electron chi connectivity index (χ1n) is 12.7. The molecular weight excluding hydrogens is 424 g/mol. The summed E-state index contributed by atoms with van der Waals surface area (Å²) < 4.78 is 12.5. The third kappa shape index (κ3) is 3.76. The molecule has 0 aromatic heterocycles. The van der Waals surface area contributed by atoms with E-state index in [-0.39, 0.29) is 36.0 Å². The van der Waals surface area contributed by atoms with Gasteiger partial charge in [-0.3, -0.25) is 0 Å². The fourth-order valence-corrected chi connectivity index (χ4v) is 7.67. The number of carbonyl (C=O) groups excluding carboxylic acids is 2. The van der Waals surface area contributed by atoms with Crippen molar-refractivity contribution in [1.29, 1.82) is 0 Å². The Balaban J connectivity index is 1.44. The van der Waals surface area contributed by atoms with Crippen LogP contribution in [0.25, 0.3) is 0 Å². The van der Waals surface area contributed by atoms with Crippen LogP contribution in [0.15, 0.2) is 24.3 Å². The summed E-state index contributed by atoms with van der Waals surface area (Å²) in [5, 5.41) is 0. The third-order valence-electron chi connectivity index (χ3n) is 8.69. The Morgan fingerprint density at radius 2 is 0.971 bits per heavy atom. The van der Waals surface area contributed by atoms with E-state index in [9.17, 15) is 9.59 Å². The largest absolute Gasteiger partial charge is 0.454 e. The van der Waals surface area contributed by atoms with Crippen molar-refractivity contribution in [2.45, 2.75) is 79.4 Å². The van der Waals surface area contributed by atoms with Gasteiger partial charge in [-0.1, -0.05) is 41.8 Å². The molecule has 180 valence electrons. The number of fused-ring (bicyclic) bond motifs is 5. The normalized spacial score (nSPS) is 29.2. The summed E-state index contributed by atoms with van der Waals surface area (Å²) in [6.45, 7) is 11.9. The van der Waals surface area contributed by atoms with Crippen molar-refractivity contribution in [1.82, 2.24) is 0 Å². The van der Waals surface area contributed by atoms with Crippen LogP contribution in [0.5, 0.6) is 0 Å². The van der Waals surface area contributed by atoms with Crippen LogP contribution >= 0.6 is 0 Å². The number of hydrogen-bond donors (Lipinski definition) is 0. The Morgan fingerprint density at radius 3 is 1.32 bits per heavy atom. The van der Waals surface area contributed by atoms with Gasteiger partial charge in [-0.25, -0.2) is 9.59 Å². The van der Waals surface area contributed by atoms with E-state index in [1.807, 2.05) is 65.8 Å². The molecule has 3 fully saturated rings. The van der Waals surface area contributed by atoms with Crippen LogP contribution in [0.3, 0.4) is 0 Å². The second kappa shape index (κ2) is 8.55. The Bertz CT molecular complexity index is 1030. The topological polar surface area (TPSA) is 52.6 Å². The molecule has 2 aromatic rings. The number of carbonyl (C=O) groups is 2. The zero-order valence-corrected chi connectivity index (χ0v) is 21.2. The molecule has 6 unspecified atom stereocenters. The monoisotopic (exact) mass is 460 g/mol. The summed E-state index contributed by atoms with van der Waals surface area (Å²) in [6.07, 6.45) is 3.86. The molecule has 5 rings (SSSR count). The third-order valence-corrected chi connectivity index (χ3v) is 8.69. The highest BCUT2D eigenvalue weighted by Gasteiger charge is 2.62. The fraction of sp³-hybridized carbons (Fsp3) is 0.533. The van der Waals surface area contributed by atoms with E-state index in [2.05, 4.69) is 0 Å². The average Bonchev–Trinajstić information content (AvgIpc) is 3.40. The summed E-state index contributed by atoms with van der Waals surface area (Å²) in [5.41, 5.74) is 7.30. The SMILES string of the molecule is Cc1cc(C)c(C(=O)OC2C3CC(C4CCCC43)C2OC(=O)c2c(C)cc(C)cc2C)c(C)c1. The smallest absolute Gasteiger partial charge is 0.339 e. The van der Waals surface area contributed by atoms with E-state index in [1.165, 1.54) is 19.3 Å². The van der Waals surface area contributed by atoms with Crippen molar-refractivity contribution in [3.8, 4) is 0 Å². The number of esters is 2. The lowest BCUT2D eigenvalue weighted by Gasteiger charge is -2.37. The van der Waals surface area contributed by atoms with Crippen LogP contribution in [-0.4, -0.2) is 24.1 Å². The van der Waals surface area contributed by atoms with E-state index in [0.29, 0.717) is 23.0 Å². The molecule has 4 nitrogen and oxygen atoms in total. The Labute approximate surface area is 203 Å². The number of hydrogen-bond acceptors (Lipinski definition) is 4. The highest BCUT2D eigenvalue weighted by Crippen LogP contribution is 2.60. The van der Waals surface area contributed by atoms with Crippen LogP contribution in [-0.2, 0) is 9.47 Å². The van der Waals surface area contributed by atoms with E-state index in [1.54, 1.807) is 0 Å². The van der Waals surface area contributed by atoms with Gasteiger partial charge in [0, 0.05) is 11.8 Å². The predicted molar refractivity (Wildman–Crippen MR) is 132 cm³/mol. The summed E-state index contributed by atoms with van der Waals surface area (Å²) in [7, 11) is 0. The zero-order chi connectivity index (χ0) is 24.3. The molecule has 34 heavy (non-hydrogen) atoms. The van der Waals surface area contributed by atoms with Gasteiger partial charge in [-0.05, 0) is 94.9 Å². The molecule has 4 heteroatoms. The van der Waals surface area contributed by atoms with Crippen LogP contribution < -0.4 is 0 Å². The van der Waals surface area contributed by atoms with Crippen LogP contribution in [0.4, 0.5) is 0 Å². The van der Waals surface area contributed by atoms with E-state index < -0.39 is 0 Å². The molecule has 3 aliphatic rings. The maximum atomic E-state index is 13.4. The minimum atomic E-state index is -0.369. The summed E-state index contributed by atoms with van der Waals surface area (Å²) in [6, 6.07) is 8.10. The van der Waals surface area contributed by atoms with Crippen LogP contribution in [0.1, 0.15) is 79.8 Å². The van der Waals surface area contributed by atoms with Gasteiger partial charge in [0.2, 0.25) is 0 Å². The molecule has 3 saturated carbocycles. The highest BCUT2D eigenvalue weighted by atomic mass is 16.6. The van der Waals surface area contributed by atoms with Gasteiger partial charge in [-0.15, -0.1) is 0 Å². The lowest BCUT2D eigenvalue weighted by Crippen LogP contribution is -2.45. The minimum Gasteiger partial charge on any atom is -0.454 e. The Kier molecular flexibility index (Phi) is 5.82. The number of benzene rings is 2. The van der Waals surface area contributed by atoms with Crippen molar-refractivity contribution in [3.05, 3.63) is 68.8 Å². The predicted octanol–water partition coefficient (Wildman–Crippen LogP) is 6.35. The minimum absolute atomic E-state index is 0.283. The number of ether oxygens (including phenoxy) is 2. The molecule has 2 aromatic carbocycles. The van der Waals surface area contributed by atoms with Crippen molar-refractivity contribution in [2.24, 2.45) is 23.7 Å². The van der Waals surface area contributed by atoms with Crippen molar-refractivity contribution in [3.63, 3.8) is 0 Å². The Morgan fingerprint density at radius 1 is 0.618 bits per heavy atom. The van der Waals surface area contributed by atoms with E-state index in [4.69, 9.17) is 9.47 Å². The molecule has 6 atom stereocenters. The van der Waals surface area contributed by atoms with Gasteiger partial charge < -0.3 is 9.47 Å². The molecule has 0 spiro atoms. The van der Waals surface area contributed by atoms with E-state index in [0.717, 1.165) is 39.8 Å². The van der Waals surface area contributed by atoms with Gasteiger partial charge in [0.1, 0.15) is 12.2 Å². The maximum Gasteiger partial charge on any atom is 0.339 e. The lowest BCUT2D eigenvalue weighted by atomic mass is 9.78. The summed E-state index contributed by atoms with van der Waals surface area (Å²) in [5.74, 6) is 1.16. The fourth-order valence-electron chi connectivity index (χ4n) is 7.67. The van der Waals surface area contributed by atoms with Crippen molar-refractivity contribution in [2.75, 3.05) is 0 Å². The lowest BCUT2D eigenvalue weighted by molar-refractivity contribution is -0.0768. The molecule has 0 radical (unpaired) electrons. The summed E-state index contributed by atoms with van der Waals surface area (Å²) in [4.78, 5) is 26.8. The first kappa shape index (κ1) is 23.1. The van der Waals surface area contributed by atoms with Gasteiger partial charge in [0.25, 0.3) is 0 Å².